The maximum atomic E-state index is 2.49. The normalized spacial score (nSPS) is 22.5. The lowest BCUT2D eigenvalue weighted by molar-refractivity contribution is -0.807. The molecule has 0 saturated heterocycles. The third kappa shape index (κ3) is 1.98. The zero-order valence-corrected chi connectivity index (χ0v) is 15.9. The minimum absolute atomic E-state index is 0. The number of aryl methyl sites for hydroxylation is 1. The standard InChI is InChI=1S/C21H18N2.HI/c1-14-6-5-8-17-11-13-20-19-12-10-16-7-3-4-9-18(16)22(19)15(2)23(20)21(14)17;/h3-13,15H,1-2H3;1H. The molecule has 0 aromatic heterocycles. The highest BCUT2D eigenvalue weighted by atomic mass is 127. The van der Waals surface area contributed by atoms with Crippen LogP contribution in [0.15, 0.2) is 66.0 Å². The molecular formula is C21H19IN2. The van der Waals surface area contributed by atoms with Crippen molar-refractivity contribution in [3.8, 4) is 0 Å². The summed E-state index contributed by atoms with van der Waals surface area (Å²) in [7, 11) is 0. The molecule has 0 saturated carbocycles. The van der Waals surface area contributed by atoms with Gasteiger partial charge in [0.25, 0.3) is 0 Å². The van der Waals surface area contributed by atoms with Gasteiger partial charge in [-0.2, -0.15) is 0 Å². The maximum Gasteiger partial charge on any atom is 0.174 e. The van der Waals surface area contributed by atoms with Crippen LogP contribution in [0.25, 0.3) is 12.2 Å². The number of para-hydroxylation sites is 2. The molecule has 0 aliphatic carbocycles. The van der Waals surface area contributed by atoms with Crippen molar-refractivity contribution >= 4 is 23.5 Å². The quantitative estimate of drug-likeness (QED) is 0.608. The van der Waals surface area contributed by atoms with Gasteiger partial charge in [0.2, 0.25) is 0 Å². The molecule has 3 heterocycles. The Bertz CT molecular complexity index is 923. The molecule has 24 heavy (non-hydrogen) atoms. The second kappa shape index (κ2) is 5.60. The fraction of sp³-hybridized carbons (Fsp3) is 0.143. The molecule has 2 unspecified atom stereocenters. The van der Waals surface area contributed by atoms with Crippen molar-refractivity contribution in [2.45, 2.75) is 20.0 Å². The van der Waals surface area contributed by atoms with E-state index >= 15 is 0 Å². The van der Waals surface area contributed by atoms with Gasteiger partial charge in [-0.1, -0.05) is 36.4 Å². The molecule has 2 atom stereocenters. The van der Waals surface area contributed by atoms with E-state index in [1.165, 1.54) is 44.4 Å². The third-order valence-electron chi connectivity index (χ3n) is 5.25. The molecule has 2 aromatic rings. The number of nitrogens with one attached hydrogen (secondary N) is 1. The molecule has 2 nitrogen and oxygen atoms in total. The third-order valence-corrected chi connectivity index (χ3v) is 5.25. The number of anilines is 1. The van der Waals surface area contributed by atoms with Crippen LogP contribution in [-0.4, -0.2) is 6.17 Å². The molecule has 0 radical (unpaired) electrons. The summed E-state index contributed by atoms with van der Waals surface area (Å²) in [5.41, 5.74) is 9.45. The van der Waals surface area contributed by atoms with Gasteiger partial charge in [0.15, 0.2) is 11.9 Å². The Labute approximate surface area is 159 Å². The number of nitrogens with zero attached hydrogens (tertiary/aromatic N) is 1. The summed E-state index contributed by atoms with van der Waals surface area (Å²) in [5, 5.41) is 0. The van der Waals surface area contributed by atoms with Crippen molar-refractivity contribution in [1.82, 2.24) is 0 Å². The van der Waals surface area contributed by atoms with Gasteiger partial charge in [-0.05, 0) is 36.8 Å². The van der Waals surface area contributed by atoms with Crippen LogP contribution in [0.4, 0.5) is 11.4 Å². The Hall–Kier alpha value is -1.85. The van der Waals surface area contributed by atoms with Crippen molar-refractivity contribution in [2.75, 3.05) is 4.90 Å². The molecule has 3 heteroatoms. The Morgan fingerprint density at radius 1 is 0.875 bits per heavy atom. The monoisotopic (exact) mass is 426 g/mol. The maximum absolute atomic E-state index is 2.49. The van der Waals surface area contributed by atoms with Crippen LogP contribution in [0.5, 0.6) is 0 Å². The van der Waals surface area contributed by atoms with Crippen LogP contribution >= 0.6 is 0 Å². The van der Waals surface area contributed by atoms with E-state index in [9.17, 15) is 0 Å². The largest absolute Gasteiger partial charge is 1.00 e. The van der Waals surface area contributed by atoms with Crippen molar-refractivity contribution < 1.29 is 28.9 Å². The highest BCUT2D eigenvalue weighted by molar-refractivity contribution is 5.79. The van der Waals surface area contributed by atoms with Crippen LogP contribution in [0.2, 0.25) is 0 Å². The molecule has 5 rings (SSSR count). The summed E-state index contributed by atoms with van der Waals surface area (Å²) in [6, 6.07) is 15.3. The second-order valence-corrected chi connectivity index (χ2v) is 6.52. The second-order valence-electron chi connectivity index (χ2n) is 6.52. The van der Waals surface area contributed by atoms with Crippen LogP contribution in [0.1, 0.15) is 23.6 Å². The predicted molar refractivity (Wildman–Crippen MR) is 95.3 cm³/mol. The molecule has 0 bridgehead atoms. The summed E-state index contributed by atoms with van der Waals surface area (Å²) in [6.45, 7) is 4.55. The minimum atomic E-state index is 0. The lowest BCUT2D eigenvalue weighted by Gasteiger charge is -2.31. The Kier molecular flexibility index (Phi) is 3.66. The van der Waals surface area contributed by atoms with E-state index in [2.05, 4.69) is 85.5 Å². The number of hydrogen-bond acceptors (Lipinski definition) is 1. The van der Waals surface area contributed by atoms with E-state index in [-0.39, 0.29) is 24.0 Å². The van der Waals surface area contributed by atoms with Crippen molar-refractivity contribution in [3.05, 3.63) is 82.7 Å². The van der Waals surface area contributed by atoms with Gasteiger partial charge in [-0.25, -0.2) is 4.90 Å². The van der Waals surface area contributed by atoms with Gasteiger partial charge in [0.05, 0.1) is 5.69 Å². The summed E-state index contributed by atoms with van der Waals surface area (Å²) in [6.07, 6.45) is 9.43. The molecule has 0 fully saturated rings. The molecule has 120 valence electrons. The Morgan fingerprint density at radius 2 is 1.62 bits per heavy atom. The summed E-state index contributed by atoms with van der Waals surface area (Å²) in [5.74, 6) is 0. The first-order chi connectivity index (χ1) is 11.3. The van der Waals surface area contributed by atoms with Crippen molar-refractivity contribution in [2.24, 2.45) is 0 Å². The summed E-state index contributed by atoms with van der Waals surface area (Å²) >= 11 is 0. The van der Waals surface area contributed by atoms with Crippen LogP contribution in [-0.2, 0) is 0 Å². The van der Waals surface area contributed by atoms with Crippen LogP contribution in [0.3, 0.4) is 0 Å². The number of rotatable bonds is 0. The summed E-state index contributed by atoms with van der Waals surface area (Å²) in [4.78, 5) is 3.96. The van der Waals surface area contributed by atoms with E-state index in [1.807, 2.05) is 0 Å². The first-order valence-electron chi connectivity index (χ1n) is 8.21. The number of fused-ring (bicyclic) bond motifs is 6. The fourth-order valence-corrected chi connectivity index (χ4v) is 4.24. The SMILES string of the molecule is Cc1cccc2c1[NH+]1C(=C3C=Cc4ccccc4N3C1C)C=C2.[I-]. The number of allylic oxidation sites excluding steroid dienone is 2. The predicted octanol–water partition coefficient (Wildman–Crippen LogP) is 0.647. The zero-order chi connectivity index (χ0) is 15.6. The number of hydrogen-bond donors (Lipinski definition) is 1. The van der Waals surface area contributed by atoms with Crippen LogP contribution in [0, 0.1) is 6.92 Å². The Morgan fingerprint density at radius 3 is 2.50 bits per heavy atom. The van der Waals surface area contributed by atoms with Gasteiger partial charge in [0, 0.05) is 24.1 Å². The fourth-order valence-electron chi connectivity index (χ4n) is 4.24. The van der Waals surface area contributed by atoms with E-state index < -0.39 is 0 Å². The zero-order valence-electron chi connectivity index (χ0n) is 13.8. The van der Waals surface area contributed by atoms with E-state index in [0.717, 1.165) is 0 Å². The van der Waals surface area contributed by atoms with Crippen molar-refractivity contribution in [1.29, 1.82) is 0 Å². The van der Waals surface area contributed by atoms with E-state index in [1.54, 1.807) is 0 Å². The lowest BCUT2D eigenvalue weighted by Crippen LogP contribution is -3.09. The van der Waals surface area contributed by atoms with E-state index in [0.29, 0.717) is 6.17 Å². The first kappa shape index (κ1) is 15.7. The van der Waals surface area contributed by atoms with Crippen molar-refractivity contribution in [3.63, 3.8) is 0 Å². The smallest absolute Gasteiger partial charge is 0.174 e. The first-order valence-corrected chi connectivity index (χ1v) is 8.21. The van der Waals surface area contributed by atoms with Gasteiger partial charge in [-0.3, -0.25) is 4.90 Å². The van der Waals surface area contributed by atoms with E-state index in [4.69, 9.17) is 0 Å². The number of halogens is 1. The lowest BCUT2D eigenvalue weighted by atomic mass is 10.0. The topological polar surface area (TPSA) is 7.68 Å². The summed E-state index contributed by atoms with van der Waals surface area (Å²) < 4.78 is 0. The van der Waals surface area contributed by atoms with Gasteiger partial charge >= 0.3 is 0 Å². The number of benzene rings is 2. The highest BCUT2D eigenvalue weighted by Crippen LogP contribution is 2.37. The average Bonchev–Trinajstić information content (AvgIpc) is 2.88. The molecule has 0 spiro atoms. The van der Waals surface area contributed by atoms with Crippen LogP contribution < -0.4 is 33.8 Å². The van der Waals surface area contributed by atoms with Gasteiger partial charge in [0.1, 0.15) is 11.4 Å². The van der Waals surface area contributed by atoms with Gasteiger partial charge in [-0.15, -0.1) is 0 Å². The Balaban J connectivity index is 0.00000146. The van der Waals surface area contributed by atoms with Gasteiger partial charge < -0.3 is 24.0 Å². The highest BCUT2D eigenvalue weighted by Gasteiger charge is 2.44. The molecule has 1 N–H and O–H groups in total. The average molecular weight is 426 g/mol. The molecular weight excluding hydrogens is 407 g/mol. The molecule has 3 aliphatic heterocycles. The molecule has 3 aliphatic rings. The number of quaternary nitrogens is 1. The molecule has 2 aromatic carbocycles. The minimum Gasteiger partial charge on any atom is -1.00 e. The molecule has 0 amide bonds.